The van der Waals surface area contributed by atoms with Crippen LogP contribution in [0.25, 0.3) is 0 Å². The monoisotopic (exact) mass is 509 g/mol. The van der Waals surface area contributed by atoms with Gasteiger partial charge < -0.3 is 14.7 Å². The van der Waals surface area contributed by atoms with Crippen LogP contribution in [0.15, 0.2) is 91.0 Å². The van der Waals surface area contributed by atoms with Crippen LogP contribution in [0.3, 0.4) is 0 Å². The van der Waals surface area contributed by atoms with E-state index in [0.717, 1.165) is 16.7 Å². The van der Waals surface area contributed by atoms with Crippen molar-refractivity contribution >= 4 is 12.1 Å². The molecule has 194 valence electrons. The zero-order valence-corrected chi connectivity index (χ0v) is 21.8. The molecule has 5 rings (SSSR count). The summed E-state index contributed by atoms with van der Waals surface area (Å²) in [5.74, 6) is -1.09. The highest BCUT2D eigenvalue weighted by Gasteiger charge is 2.44. The van der Waals surface area contributed by atoms with Crippen LogP contribution < -0.4 is 0 Å². The van der Waals surface area contributed by atoms with Gasteiger partial charge >= 0.3 is 12.1 Å². The van der Waals surface area contributed by atoms with Crippen molar-refractivity contribution in [3.63, 3.8) is 0 Å². The van der Waals surface area contributed by atoms with Crippen molar-refractivity contribution in [1.29, 1.82) is 0 Å². The Bertz CT molecular complexity index is 1340. The minimum absolute atomic E-state index is 0.0102. The Kier molecular flexibility index (Phi) is 6.53. The van der Waals surface area contributed by atoms with E-state index >= 15 is 0 Å². The fourth-order valence-electron chi connectivity index (χ4n) is 5.25. The van der Waals surface area contributed by atoms with Crippen LogP contribution in [-0.4, -0.2) is 44.0 Å². The smallest absolute Gasteiger partial charge is 0.410 e. The van der Waals surface area contributed by atoms with Crippen molar-refractivity contribution in [2.24, 2.45) is 0 Å². The Morgan fingerprint density at radius 2 is 1.29 bits per heavy atom. The number of ether oxygens (including phenoxy) is 1. The number of aromatic carboxylic acids is 1. The van der Waals surface area contributed by atoms with E-state index in [1.165, 1.54) is 0 Å². The molecule has 0 spiro atoms. The molecule has 7 heteroatoms. The minimum Gasteiger partial charge on any atom is -0.476 e. The first-order valence-electron chi connectivity index (χ1n) is 12.7. The number of amides is 1. The van der Waals surface area contributed by atoms with Gasteiger partial charge in [-0.15, -0.1) is 0 Å². The lowest BCUT2D eigenvalue weighted by Crippen LogP contribution is -2.44. The fourth-order valence-corrected chi connectivity index (χ4v) is 5.25. The number of hydrogen-bond acceptors (Lipinski definition) is 4. The van der Waals surface area contributed by atoms with E-state index in [2.05, 4.69) is 0 Å². The molecule has 0 unspecified atom stereocenters. The SMILES string of the molecule is CC(C)(C)OC(=O)N1CCc2c(C(=O)O)nn(C(c3ccccc3)(c3ccccc3)c3ccccc3)c2C1. The summed E-state index contributed by atoms with van der Waals surface area (Å²) in [6, 6.07) is 29.9. The van der Waals surface area contributed by atoms with Crippen LogP contribution in [0, 0.1) is 0 Å². The summed E-state index contributed by atoms with van der Waals surface area (Å²) in [5, 5.41) is 15.0. The van der Waals surface area contributed by atoms with E-state index < -0.39 is 23.2 Å². The van der Waals surface area contributed by atoms with Crippen LogP contribution in [-0.2, 0) is 23.2 Å². The lowest BCUT2D eigenvalue weighted by molar-refractivity contribution is 0.0217. The summed E-state index contributed by atoms with van der Waals surface area (Å²) in [7, 11) is 0. The second kappa shape index (κ2) is 9.82. The third-order valence-electron chi connectivity index (χ3n) is 6.81. The van der Waals surface area contributed by atoms with Gasteiger partial charge in [-0.2, -0.15) is 5.10 Å². The normalized spacial score (nSPS) is 13.6. The molecule has 1 aliphatic rings. The van der Waals surface area contributed by atoms with Gasteiger partial charge in [0.05, 0.1) is 12.2 Å². The quantitative estimate of drug-likeness (QED) is 0.348. The number of hydrogen-bond donors (Lipinski definition) is 1. The maximum atomic E-state index is 13.1. The molecular formula is C31H31N3O4. The zero-order chi connectivity index (χ0) is 26.9. The molecule has 4 aromatic rings. The van der Waals surface area contributed by atoms with Gasteiger partial charge in [0.15, 0.2) is 5.69 Å². The van der Waals surface area contributed by atoms with E-state index in [1.54, 1.807) is 4.90 Å². The number of carbonyl (C=O) groups is 2. The molecule has 1 N–H and O–H groups in total. The zero-order valence-electron chi connectivity index (χ0n) is 21.8. The average Bonchev–Trinajstić information content (AvgIpc) is 3.30. The van der Waals surface area contributed by atoms with Crippen molar-refractivity contribution in [2.75, 3.05) is 6.54 Å². The van der Waals surface area contributed by atoms with E-state index in [0.29, 0.717) is 24.2 Å². The summed E-state index contributed by atoms with van der Waals surface area (Å²) in [6.45, 7) is 6.02. The lowest BCUT2D eigenvalue weighted by Gasteiger charge is -2.39. The van der Waals surface area contributed by atoms with Crippen molar-refractivity contribution < 1.29 is 19.4 Å². The number of nitrogens with zero attached hydrogens (tertiary/aromatic N) is 3. The molecule has 0 saturated carbocycles. The van der Waals surface area contributed by atoms with E-state index in [4.69, 9.17) is 9.84 Å². The maximum Gasteiger partial charge on any atom is 0.410 e. The summed E-state index contributed by atoms with van der Waals surface area (Å²) in [5.41, 5.74) is 2.47. The molecule has 38 heavy (non-hydrogen) atoms. The predicted octanol–water partition coefficient (Wildman–Crippen LogP) is 5.71. The Morgan fingerprint density at radius 1 is 0.816 bits per heavy atom. The third kappa shape index (κ3) is 4.45. The van der Waals surface area contributed by atoms with Gasteiger partial charge in [0.25, 0.3) is 0 Å². The molecular weight excluding hydrogens is 478 g/mol. The van der Waals surface area contributed by atoms with Gasteiger partial charge in [0, 0.05) is 12.1 Å². The number of carboxylic acid groups (broad SMARTS) is 1. The van der Waals surface area contributed by atoms with Crippen LogP contribution in [0.2, 0.25) is 0 Å². The highest BCUT2D eigenvalue weighted by Crippen LogP contribution is 2.43. The summed E-state index contributed by atoms with van der Waals surface area (Å²) >= 11 is 0. The number of aromatic nitrogens is 2. The number of rotatable bonds is 5. The molecule has 0 radical (unpaired) electrons. The fraction of sp³-hybridized carbons (Fsp3) is 0.258. The number of carbonyl (C=O) groups excluding carboxylic acids is 1. The van der Waals surface area contributed by atoms with Crippen molar-refractivity contribution in [3.05, 3.63) is 125 Å². The summed E-state index contributed by atoms with van der Waals surface area (Å²) < 4.78 is 7.49. The largest absolute Gasteiger partial charge is 0.476 e. The molecule has 7 nitrogen and oxygen atoms in total. The van der Waals surface area contributed by atoms with E-state index in [-0.39, 0.29) is 12.2 Å². The third-order valence-corrected chi connectivity index (χ3v) is 6.81. The first-order chi connectivity index (χ1) is 18.2. The Morgan fingerprint density at radius 3 is 1.71 bits per heavy atom. The van der Waals surface area contributed by atoms with E-state index in [1.807, 2.05) is 116 Å². The molecule has 0 fully saturated rings. The molecule has 0 atom stereocenters. The van der Waals surface area contributed by atoms with Crippen LogP contribution in [0.1, 0.15) is 59.2 Å². The molecule has 0 bridgehead atoms. The van der Waals surface area contributed by atoms with Gasteiger partial charge in [-0.1, -0.05) is 91.0 Å². The van der Waals surface area contributed by atoms with Gasteiger partial charge in [-0.3, -0.25) is 0 Å². The maximum absolute atomic E-state index is 13.1. The van der Waals surface area contributed by atoms with Gasteiger partial charge in [0.1, 0.15) is 11.1 Å². The van der Waals surface area contributed by atoms with Gasteiger partial charge in [-0.25, -0.2) is 14.3 Å². The van der Waals surface area contributed by atoms with Crippen molar-refractivity contribution in [1.82, 2.24) is 14.7 Å². The Balaban J connectivity index is 1.81. The first kappa shape index (κ1) is 25.3. The Labute approximate surface area is 222 Å². The molecule has 3 aromatic carbocycles. The molecule has 0 aliphatic carbocycles. The lowest BCUT2D eigenvalue weighted by atomic mass is 9.76. The predicted molar refractivity (Wildman–Crippen MR) is 144 cm³/mol. The van der Waals surface area contributed by atoms with Crippen molar-refractivity contribution in [2.45, 2.75) is 44.9 Å². The average molecular weight is 510 g/mol. The van der Waals surface area contributed by atoms with Crippen LogP contribution in [0.4, 0.5) is 4.79 Å². The van der Waals surface area contributed by atoms with Crippen molar-refractivity contribution in [3.8, 4) is 0 Å². The highest BCUT2D eigenvalue weighted by atomic mass is 16.6. The number of carboxylic acids is 1. The number of fused-ring (bicyclic) bond motifs is 1. The Hall–Kier alpha value is -4.39. The van der Waals surface area contributed by atoms with Crippen LogP contribution >= 0.6 is 0 Å². The van der Waals surface area contributed by atoms with E-state index in [9.17, 15) is 14.7 Å². The molecule has 1 aliphatic heterocycles. The molecule has 2 heterocycles. The minimum atomic E-state index is -1.09. The topological polar surface area (TPSA) is 84.7 Å². The molecule has 1 aromatic heterocycles. The second-order valence-electron chi connectivity index (χ2n) is 10.5. The second-order valence-corrected chi connectivity index (χ2v) is 10.5. The first-order valence-corrected chi connectivity index (χ1v) is 12.7. The summed E-state index contributed by atoms with van der Waals surface area (Å²) in [4.78, 5) is 27.2. The standard InChI is InChI=1S/C31H31N3O4/c1-30(2,3)38-29(37)33-20-19-25-26(21-33)34(32-27(25)28(35)36)31(22-13-7-4-8-14-22,23-15-9-5-10-16-23)24-17-11-6-12-18-24/h4-18H,19-21H2,1-3H3,(H,35,36). The number of benzene rings is 3. The van der Waals surface area contributed by atoms with Gasteiger partial charge in [-0.05, 0) is 43.9 Å². The molecule has 1 amide bonds. The molecule has 0 saturated heterocycles. The highest BCUT2D eigenvalue weighted by molar-refractivity contribution is 5.87. The van der Waals surface area contributed by atoms with Crippen LogP contribution in [0.5, 0.6) is 0 Å². The summed E-state index contributed by atoms with van der Waals surface area (Å²) in [6.07, 6.45) is -0.0671. The van der Waals surface area contributed by atoms with Gasteiger partial charge in [0.2, 0.25) is 0 Å².